The first-order valence-electron chi connectivity index (χ1n) is 6.02. The smallest absolute Gasteiger partial charge is 0.251 e. The zero-order valence-corrected chi connectivity index (χ0v) is 12.8. The van der Waals surface area contributed by atoms with Gasteiger partial charge < -0.3 is 15.4 Å². The lowest BCUT2D eigenvalue weighted by atomic mass is 10.1. The van der Waals surface area contributed by atoms with E-state index < -0.39 is 0 Å². The fraction of sp³-hybridized carbons (Fsp3) is 0.214. The van der Waals surface area contributed by atoms with Gasteiger partial charge in [-0.3, -0.25) is 4.79 Å². The minimum Gasteiger partial charge on any atom is -0.495 e. The van der Waals surface area contributed by atoms with Crippen LogP contribution in [0.3, 0.4) is 0 Å². The molecule has 0 fully saturated rings. The quantitative estimate of drug-likeness (QED) is 0.890. The van der Waals surface area contributed by atoms with Gasteiger partial charge in [0.1, 0.15) is 5.75 Å². The Hall–Kier alpha value is -1.72. The Morgan fingerprint density at radius 2 is 2.15 bits per heavy atom. The van der Waals surface area contributed by atoms with Crippen LogP contribution in [-0.2, 0) is 6.54 Å². The van der Waals surface area contributed by atoms with E-state index in [0.29, 0.717) is 17.9 Å². The Morgan fingerprint density at radius 3 is 2.75 bits per heavy atom. The largest absolute Gasteiger partial charge is 0.495 e. The predicted octanol–water partition coefficient (Wildman–Crippen LogP) is 3.38. The first-order valence-corrected chi connectivity index (χ1v) is 7.21. The molecule has 20 heavy (non-hydrogen) atoms. The molecule has 1 aromatic heterocycles. The second kappa shape index (κ2) is 6.63. The molecule has 0 atom stereocenters. The molecular weight excluding hydrogens is 296 g/mol. The number of hydrogen-bond acceptors (Lipinski definition) is 4. The van der Waals surface area contributed by atoms with Gasteiger partial charge in [-0.05, 0) is 30.3 Å². The van der Waals surface area contributed by atoms with Gasteiger partial charge in [-0.1, -0.05) is 11.6 Å². The highest BCUT2D eigenvalue weighted by atomic mass is 35.5. The van der Waals surface area contributed by atoms with Gasteiger partial charge in [-0.2, -0.15) is 0 Å². The summed E-state index contributed by atoms with van der Waals surface area (Å²) in [6, 6.07) is 9.10. The van der Waals surface area contributed by atoms with Crippen LogP contribution in [0.4, 0.5) is 5.69 Å². The van der Waals surface area contributed by atoms with E-state index in [2.05, 4.69) is 10.6 Å². The van der Waals surface area contributed by atoms with Crippen LogP contribution < -0.4 is 15.4 Å². The third-order valence-electron chi connectivity index (χ3n) is 2.77. The number of halogens is 1. The van der Waals surface area contributed by atoms with Crippen molar-refractivity contribution in [2.75, 3.05) is 19.5 Å². The standard InChI is InChI=1S/C14H15ClN2O2S/c1-16-14(18)9-3-5-12(19-2)11(7-9)17-8-10-4-6-13(15)20-10/h3-7,17H,8H2,1-2H3,(H,16,18). The first-order chi connectivity index (χ1) is 9.63. The second-order valence-electron chi connectivity index (χ2n) is 4.05. The monoisotopic (exact) mass is 310 g/mol. The number of rotatable bonds is 5. The fourth-order valence-corrected chi connectivity index (χ4v) is 2.79. The van der Waals surface area contributed by atoms with Crippen LogP contribution in [-0.4, -0.2) is 20.1 Å². The molecule has 2 rings (SSSR count). The van der Waals surface area contributed by atoms with Crippen LogP contribution in [0.5, 0.6) is 5.75 Å². The van der Waals surface area contributed by atoms with E-state index in [1.54, 1.807) is 32.4 Å². The number of anilines is 1. The van der Waals surface area contributed by atoms with Crippen molar-refractivity contribution in [3.05, 3.63) is 45.1 Å². The lowest BCUT2D eigenvalue weighted by Gasteiger charge is -2.12. The average molecular weight is 311 g/mol. The van der Waals surface area contributed by atoms with Crippen molar-refractivity contribution in [2.24, 2.45) is 0 Å². The minimum atomic E-state index is -0.130. The molecule has 0 spiro atoms. The molecule has 2 N–H and O–H groups in total. The van der Waals surface area contributed by atoms with Crippen molar-refractivity contribution in [1.29, 1.82) is 0 Å². The van der Waals surface area contributed by atoms with Crippen molar-refractivity contribution in [2.45, 2.75) is 6.54 Å². The van der Waals surface area contributed by atoms with Gasteiger partial charge in [0.05, 0.1) is 17.1 Å². The lowest BCUT2D eigenvalue weighted by molar-refractivity contribution is 0.0963. The fourth-order valence-electron chi connectivity index (χ4n) is 1.76. The van der Waals surface area contributed by atoms with E-state index in [9.17, 15) is 4.79 Å². The van der Waals surface area contributed by atoms with Crippen LogP contribution in [0.1, 0.15) is 15.2 Å². The Bertz CT molecular complexity index is 613. The molecule has 0 saturated carbocycles. The van der Waals surface area contributed by atoms with Crippen LogP contribution in [0.25, 0.3) is 0 Å². The summed E-state index contributed by atoms with van der Waals surface area (Å²) in [7, 11) is 3.20. The summed E-state index contributed by atoms with van der Waals surface area (Å²) in [5, 5.41) is 5.86. The molecular formula is C14H15ClN2O2S. The van der Waals surface area contributed by atoms with Crippen LogP contribution in [0.15, 0.2) is 30.3 Å². The maximum absolute atomic E-state index is 11.6. The zero-order chi connectivity index (χ0) is 14.5. The summed E-state index contributed by atoms with van der Waals surface area (Å²) in [6.07, 6.45) is 0. The Kier molecular flexibility index (Phi) is 4.87. The van der Waals surface area contributed by atoms with Gasteiger partial charge in [-0.15, -0.1) is 11.3 Å². The molecule has 0 aliphatic rings. The molecule has 4 nitrogen and oxygen atoms in total. The number of amides is 1. The molecule has 106 valence electrons. The summed E-state index contributed by atoms with van der Waals surface area (Å²) in [6.45, 7) is 0.630. The van der Waals surface area contributed by atoms with Crippen LogP contribution in [0, 0.1) is 0 Å². The zero-order valence-electron chi connectivity index (χ0n) is 11.2. The molecule has 0 unspecified atom stereocenters. The van der Waals surface area contributed by atoms with Gasteiger partial charge in [0, 0.05) is 24.0 Å². The van der Waals surface area contributed by atoms with E-state index in [-0.39, 0.29) is 5.91 Å². The molecule has 1 aromatic carbocycles. The maximum Gasteiger partial charge on any atom is 0.251 e. The third-order valence-corrected chi connectivity index (χ3v) is 4.00. The topological polar surface area (TPSA) is 50.4 Å². The van der Waals surface area contributed by atoms with Crippen molar-refractivity contribution < 1.29 is 9.53 Å². The first kappa shape index (κ1) is 14.7. The highest BCUT2D eigenvalue weighted by Gasteiger charge is 2.09. The number of methoxy groups -OCH3 is 1. The molecule has 0 aliphatic carbocycles. The van der Waals surface area contributed by atoms with Crippen molar-refractivity contribution >= 4 is 34.5 Å². The summed E-state index contributed by atoms with van der Waals surface area (Å²) in [5.74, 6) is 0.565. The number of thiophene rings is 1. The molecule has 1 heterocycles. The summed E-state index contributed by atoms with van der Waals surface area (Å²) < 4.78 is 6.05. The third kappa shape index (κ3) is 3.43. The molecule has 6 heteroatoms. The highest BCUT2D eigenvalue weighted by Crippen LogP contribution is 2.28. The number of carbonyl (C=O) groups is 1. The lowest BCUT2D eigenvalue weighted by Crippen LogP contribution is -2.18. The van der Waals surface area contributed by atoms with Crippen molar-refractivity contribution in [1.82, 2.24) is 5.32 Å². The van der Waals surface area contributed by atoms with Gasteiger partial charge in [-0.25, -0.2) is 0 Å². The van der Waals surface area contributed by atoms with E-state index in [1.165, 1.54) is 11.3 Å². The number of benzene rings is 1. The van der Waals surface area contributed by atoms with Gasteiger partial charge in [0.15, 0.2) is 0 Å². The number of nitrogens with one attached hydrogen (secondary N) is 2. The van der Waals surface area contributed by atoms with E-state index in [0.717, 1.165) is 14.9 Å². The predicted molar refractivity (Wildman–Crippen MR) is 83.0 cm³/mol. The highest BCUT2D eigenvalue weighted by molar-refractivity contribution is 7.16. The molecule has 1 amide bonds. The summed E-state index contributed by atoms with van der Waals surface area (Å²) in [5.41, 5.74) is 1.36. The van der Waals surface area contributed by atoms with Crippen LogP contribution >= 0.6 is 22.9 Å². The van der Waals surface area contributed by atoms with E-state index >= 15 is 0 Å². The molecule has 2 aromatic rings. The summed E-state index contributed by atoms with van der Waals surface area (Å²) >= 11 is 7.42. The Morgan fingerprint density at radius 1 is 1.35 bits per heavy atom. The van der Waals surface area contributed by atoms with Crippen LogP contribution in [0.2, 0.25) is 4.34 Å². The molecule has 0 saturated heterocycles. The van der Waals surface area contributed by atoms with E-state index in [1.807, 2.05) is 12.1 Å². The number of carbonyl (C=O) groups excluding carboxylic acids is 1. The Labute approximate surface area is 126 Å². The summed E-state index contributed by atoms with van der Waals surface area (Å²) in [4.78, 5) is 12.8. The number of ether oxygens (including phenoxy) is 1. The maximum atomic E-state index is 11.6. The van der Waals surface area contributed by atoms with Crippen molar-refractivity contribution in [3.63, 3.8) is 0 Å². The van der Waals surface area contributed by atoms with Gasteiger partial charge >= 0.3 is 0 Å². The molecule has 0 radical (unpaired) electrons. The second-order valence-corrected chi connectivity index (χ2v) is 5.85. The normalized spacial score (nSPS) is 10.2. The minimum absolute atomic E-state index is 0.130. The van der Waals surface area contributed by atoms with Gasteiger partial charge in [0.2, 0.25) is 0 Å². The number of hydrogen-bond donors (Lipinski definition) is 2. The SMILES string of the molecule is CNC(=O)c1ccc(OC)c(NCc2ccc(Cl)s2)c1. The van der Waals surface area contributed by atoms with Crippen molar-refractivity contribution in [3.8, 4) is 5.75 Å². The molecule has 0 aliphatic heterocycles. The Balaban J connectivity index is 2.17. The average Bonchev–Trinajstić information content (AvgIpc) is 2.89. The van der Waals surface area contributed by atoms with E-state index in [4.69, 9.17) is 16.3 Å². The van der Waals surface area contributed by atoms with Gasteiger partial charge in [0.25, 0.3) is 5.91 Å². The molecule has 0 bridgehead atoms.